The Morgan fingerprint density at radius 3 is 2.46 bits per heavy atom. The molecular weight excluding hydrogens is 404 g/mol. The molecule has 0 aliphatic rings. The van der Waals surface area contributed by atoms with Gasteiger partial charge >= 0.3 is 0 Å². The minimum absolute atomic E-state index is 0.0220. The second kappa shape index (κ2) is 8.41. The molecule has 0 radical (unpaired) electrons. The van der Waals surface area contributed by atoms with Crippen molar-refractivity contribution in [2.24, 2.45) is 0 Å². The molecule has 0 saturated carbocycles. The molecule has 10 heteroatoms. The molecule has 1 N–H and O–H groups in total. The summed E-state index contributed by atoms with van der Waals surface area (Å²) in [6, 6.07) is 15.3. The van der Waals surface area contributed by atoms with Gasteiger partial charge in [-0.2, -0.15) is 4.98 Å². The number of hydrogen-bond donors (Lipinski definition) is 1. The fraction of sp³-hybridized carbons (Fsp3) is 0.167. The highest BCUT2D eigenvalue weighted by molar-refractivity contribution is 7.92. The Balaban J connectivity index is 1.63. The summed E-state index contributed by atoms with van der Waals surface area (Å²) in [4.78, 5) is 16.4. The first-order chi connectivity index (χ1) is 13.3. The Morgan fingerprint density at radius 1 is 1.14 bits per heavy atom. The third-order valence-electron chi connectivity index (χ3n) is 3.74. The summed E-state index contributed by atoms with van der Waals surface area (Å²) in [5.74, 6) is 0.0624. The summed E-state index contributed by atoms with van der Waals surface area (Å²) in [6.45, 7) is -0.382. The number of nitrogens with one attached hydrogen (secondary N) is 1. The van der Waals surface area contributed by atoms with Gasteiger partial charge in [0.05, 0.1) is 18.5 Å². The molecule has 8 nitrogen and oxygen atoms in total. The van der Waals surface area contributed by atoms with Crippen molar-refractivity contribution in [3.8, 4) is 11.4 Å². The number of aromatic nitrogens is 2. The van der Waals surface area contributed by atoms with Crippen LogP contribution in [0.2, 0.25) is 5.02 Å². The van der Waals surface area contributed by atoms with Gasteiger partial charge < -0.3 is 9.84 Å². The third kappa shape index (κ3) is 5.08. The highest BCUT2D eigenvalue weighted by Gasteiger charge is 2.21. The molecule has 0 bridgehead atoms. The molecule has 0 spiro atoms. The Morgan fingerprint density at radius 2 is 1.82 bits per heavy atom. The maximum atomic E-state index is 12.2. The number of benzene rings is 2. The number of para-hydroxylation sites is 1. The molecule has 1 aromatic heterocycles. The second-order valence-electron chi connectivity index (χ2n) is 5.90. The number of carbonyl (C=O) groups excluding carboxylic acids is 1. The SMILES string of the molecule is CS(=O)(=O)N(CC(=O)NCc1nc(-c2ccc(Cl)cc2)no1)c1ccccc1. The predicted molar refractivity (Wildman–Crippen MR) is 105 cm³/mol. The summed E-state index contributed by atoms with van der Waals surface area (Å²) >= 11 is 5.85. The maximum absolute atomic E-state index is 12.2. The van der Waals surface area contributed by atoms with E-state index < -0.39 is 15.9 Å². The van der Waals surface area contributed by atoms with E-state index in [0.717, 1.165) is 16.1 Å². The van der Waals surface area contributed by atoms with Crippen LogP contribution in [0.1, 0.15) is 5.89 Å². The van der Waals surface area contributed by atoms with E-state index in [1.165, 1.54) is 0 Å². The zero-order chi connectivity index (χ0) is 20.1. The molecule has 146 valence electrons. The minimum atomic E-state index is -3.62. The van der Waals surface area contributed by atoms with Crippen molar-refractivity contribution >= 4 is 33.2 Å². The summed E-state index contributed by atoms with van der Waals surface area (Å²) in [5.41, 5.74) is 1.13. The van der Waals surface area contributed by atoms with Crippen LogP contribution < -0.4 is 9.62 Å². The van der Waals surface area contributed by atoms with E-state index in [4.69, 9.17) is 16.1 Å². The Hall–Kier alpha value is -2.91. The van der Waals surface area contributed by atoms with Gasteiger partial charge in [-0.15, -0.1) is 0 Å². The quantitative estimate of drug-likeness (QED) is 0.629. The number of sulfonamides is 1. The van der Waals surface area contributed by atoms with Crippen LogP contribution in [0.25, 0.3) is 11.4 Å². The molecular formula is C18H17ClN4O4S. The van der Waals surface area contributed by atoms with E-state index in [1.54, 1.807) is 54.6 Å². The largest absolute Gasteiger partial charge is 0.345 e. The van der Waals surface area contributed by atoms with E-state index in [-0.39, 0.29) is 19.0 Å². The fourth-order valence-corrected chi connectivity index (χ4v) is 3.38. The maximum Gasteiger partial charge on any atom is 0.246 e. The van der Waals surface area contributed by atoms with Gasteiger partial charge in [0.15, 0.2) is 0 Å². The van der Waals surface area contributed by atoms with Crippen molar-refractivity contribution < 1.29 is 17.7 Å². The average molecular weight is 421 g/mol. The van der Waals surface area contributed by atoms with Crippen LogP contribution in [-0.4, -0.2) is 37.3 Å². The zero-order valence-corrected chi connectivity index (χ0v) is 16.4. The lowest BCUT2D eigenvalue weighted by Crippen LogP contribution is -2.40. The van der Waals surface area contributed by atoms with Crippen LogP contribution in [0.3, 0.4) is 0 Å². The lowest BCUT2D eigenvalue weighted by molar-refractivity contribution is -0.119. The van der Waals surface area contributed by atoms with Crippen molar-refractivity contribution in [1.82, 2.24) is 15.5 Å². The molecule has 0 unspecified atom stereocenters. The molecule has 0 saturated heterocycles. The molecule has 1 heterocycles. The smallest absolute Gasteiger partial charge is 0.246 e. The molecule has 3 rings (SSSR count). The monoisotopic (exact) mass is 420 g/mol. The summed E-state index contributed by atoms with van der Waals surface area (Å²) in [7, 11) is -3.62. The van der Waals surface area contributed by atoms with Crippen molar-refractivity contribution in [1.29, 1.82) is 0 Å². The Kier molecular flexibility index (Phi) is 5.96. The molecule has 3 aromatic rings. The zero-order valence-electron chi connectivity index (χ0n) is 14.9. The molecule has 1 amide bonds. The van der Waals surface area contributed by atoms with Crippen molar-refractivity contribution in [2.75, 3.05) is 17.1 Å². The first-order valence-corrected chi connectivity index (χ1v) is 10.4. The number of hydrogen-bond acceptors (Lipinski definition) is 6. The molecule has 0 fully saturated rings. The second-order valence-corrected chi connectivity index (χ2v) is 8.24. The number of nitrogens with zero attached hydrogens (tertiary/aromatic N) is 3. The predicted octanol–water partition coefficient (Wildman–Crippen LogP) is 2.47. The number of halogens is 1. The first-order valence-electron chi connectivity index (χ1n) is 8.21. The van der Waals surface area contributed by atoms with Gasteiger partial charge in [-0.25, -0.2) is 8.42 Å². The van der Waals surface area contributed by atoms with Gasteiger partial charge in [0.1, 0.15) is 6.54 Å². The average Bonchev–Trinajstić information content (AvgIpc) is 3.14. The lowest BCUT2D eigenvalue weighted by atomic mass is 10.2. The number of carbonyl (C=O) groups is 1. The Labute approximate surface area is 167 Å². The number of amides is 1. The van der Waals surface area contributed by atoms with Crippen LogP contribution >= 0.6 is 11.6 Å². The first kappa shape index (κ1) is 19.8. The number of rotatable bonds is 7. The van der Waals surface area contributed by atoms with Crippen LogP contribution in [-0.2, 0) is 21.4 Å². The van der Waals surface area contributed by atoms with Gasteiger partial charge in [0, 0.05) is 10.6 Å². The van der Waals surface area contributed by atoms with Crippen LogP contribution in [0.5, 0.6) is 0 Å². The molecule has 0 atom stereocenters. The van der Waals surface area contributed by atoms with Crippen LogP contribution in [0.15, 0.2) is 59.1 Å². The van der Waals surface area contributed by atoms with E-state index in [2.05, 4.69) is 15.5 Å². The van der Waals surface area contributed by atoms with Gasteiger partial charge in [0.2, 0.25) is 27.6 Å². The summed E-state index contributed by atoms with van der Waals surface area (Å²) in [6.07, 6.45) is 1.05. The highest BCUT2D eigenvalue weighted by atomic mass is 35.5. The standard InChI is InChI=1S/C18H17ClN4O4S/c1-28(25,26)23(15-5-3-2-4-6-15)12-16(24)20-11-17-21-18(22-27-17)13-7-9-14(19)10-8-13/h2-10H,11-12H2,1H3,(H,20,24). The normalized spacial score (nSPS) is 11.2. The number of anilines is 1. The van der Waals surface area contributed by atoms with Gasteiger partial charge in [-0.05, 0) is 36.4 Å². The Bertz CT molecular complexity index is 1050. The third-order valence-corrected chi connectivity index (χ3v) is 5.13. The lowest BCUT2D eigenvalue weighted by Gasteiger charge is -2.21. The van der Waals surface area contributed by atoms with Gasteiger partial charge in [0.25, 0.3) is 0 Å². The summed E-state index contributed by atoms with van der Waals surface area (Å²) < 4.78 is 30.2. The fourth-order valence-electron chi connectivity index (χ4n) is 2.40. The molecule has 0 aliphatic carbocycles. The highest BCUT2D eigenvalue weighted by Crippen LogP contribution is 2.19. The topological polar surface area (TPSA) is 105 Å². The van der Waals surface area contributed by atoms with E-state index in [0.29, 0.717) is 16.5 Å². The van der Waals surface area contributed by atoms with Crippen molar-refractivity contribution in [3.63, 3.8) is 0 Å². The van der Waals surface area contributed by atoms with Crippen molar-refractivity contribution in [3.05, 3.63) is 65.5 Å². The molecule has 0 aliphatic heterocycles. The molecule has 2 aromatic carbocycles. The van der Waals surface area contributed by atoms with Gasteiger partial charge in [-0.1, -0.05) is 35.0 Å². The van der Waals surface area contributed by atoms with E-state index in [9.17, 15) is 13.2 Å². The van der Waals surface area contributed by atoms with E-state index in [1.807, 2.05) is 0 Å². The molecule has 28 heavy (non-hydrogen) atoms. The van der Waals surface area contributed by atoms with Crippen LogP contribution in [0.4, 0.5) is 5.69 Å². The minimum Gasteiger partial charge on any atom is -0.345 e. The summed E-state index contributed by atoms with van der Waals surface area (Å²) in [5, 5.41) is 7.03. The van der Waals surface area contributed by atoms with Gasteiger partial charge in [-0.3, -0.25) is 9.10 Å². The van der Waals surface area contributed by atoms with Crippen molar-refractivity contribution in [2.45, 2.75) is 6.54 Å². The van der Waals surface area contributed by atoms with E-state index >= 15 is 0 Å². The van der Waals surface area contributed by atoms with Crippen LogP contribution in [0, 0.1) is 0 Å².